The lowest BCUT2D eigenvalue weighted by molar-refractivity contribution is 0.397. The zero-order valence-corrected chi connectivity index (χ0v) is 8.76. The molecule has 0 saturated carbocycles. The number of hydrogen-bond donors (Lipinski definition) is 2. The van der Waals surface area contributed by atoms with Crippen LogP contribution in [0.5, 0.6) is 5.75 Å². The molecule has 0 heterocycles. The molecule has 0 aliphatic rings. The third-order valence-corrected chi connectivity index (χ3v) is 2.76. The van der Waals surface area contributed by atoms with Crippen molar-refractivity contribution in [2.24, 2.45) is 0 Å². The van der Waals surface area contributed by atoms with Crippen molar-refractivity contribution in [2.75, 3.05) is 12.8 Å². The standard InChI is InChI=1S/C7H8ClNO4S/c1-13-6-2-4(8)5(9)3-7(6)14(10,11)12/h2-3H,9H2,1H3,(H,10,11,12). The molecule has 3 N–H and O–H groups in total. The minimum Gasteiger partial charge on any atom is -0.495 e. The van der Waals surface area contributed by atoms with E-state index >= 15 is 0 Å². The highest BCUT2D eigenvalue weighted by atomic mass is 35.5. The first-order valence-electron chi connectivity index (χ1n) is 3.46. The van der Waals surface area contributed by atoms with Gasteiger partial charge in [0.15, 0.2) is 0 Å². The summed E-state index contributed by atoms with van der Waals surface area (Å²) < 4.78 is 35.2. The van der Waals surface area contributed by atoms with Gasteiger partial charge in [0.2, 0.25) is 0 Å². The molecule has 0 spiro atoms. The van der Waals surface area contributed by atoms with E-state index in [9.17, 15) is 8.42 Å². The molecule has 0 amide bonds. The molecule has 1 aromatic carbocycles. The van der Waals surface area contributed by atoms with Gasteiger partial charge >= 0.3 is 0 Å². The summed E-state index contributed by atoms with van der Waals surface area (Å²) in [6.45, 7) is 0. The molecule has 14 heavy (non-hydrogen) atoms. The van der Waals surface area contributed by atoms with Gasteiger partial charge in [-0.05, 0) is 6.07 Å². The molecule has 0 fully saturated rings. The van der Waals surface area contributed by atoms with E-state index in [1.54, 1.807) is 0 Å². The highest BCUT2D eigenvalue weighted by Crippen LogP contribution is 2.31. The first-order valence-corrected chi connectivity index (χ1v) is 5.28. The number of nitrogens with two attached hydrogens (primary N) is 1. The van der Waals surface area contributed by atoms with Crippen molar-refractivity contribution in [1.82, 2.24) is 0 Å². The molecule has 0 aromatic heterocycles. The summed E-state index contributed by atoms with van der Waals surface area (Å²) in [5, 5.41) is 0.161. The lowest BCUT2D eigenvalue weighted by Crippen LogP contribution is -2.03. The number of nitrogen functional groups attached to an aromatic ring is 1. The van der Waals surface area contributed by atoms with E-state index in [4.69, 9.17) is 26.6 Å². The van der Waals surface area contributed by atoms with E-state index < -0.39 is 15.0 Å². The van der Waals surface area contributed by atoms with Crippen molar-refractivity contribution < 1.29 is 17.7 Å². The molecule has 1 rings (SSSR count). The highest BCUT2D eigenvalue weighted by Gasteiger charge is 2.18. The van der Waals surface area contributed by atoms with Crippen molar-refractivity contribution in [2.45, 2.75) is 4.90 Å². The largest absolute Gasteiger partial charge is 0.495 e. The Morgan fingerprint density at radius 2 is 2.07 bits per heavy atom. The first kappa shape index (κ1) is 11.1. The Kier molecular flexibility index (Phi) is 2.89. The van der Waals surface area contributed by atoms with Crippen LogP contribution in [0, 0.1) is 0 Å². The van der Waals surface area contributed by atoms with Gasteiger partial charge in [-0.1, -0.05) is 11.6 Å². The van der Waals surface area contributed by atoms with E-state index in [0.29, 0.717) is 0 Å². The number of rotatable bonds is 2. The SMILES string of the molecule is COc1cc(Cl)c(N)cc1S(=O)(=O)O. The topological polar surface area (TPSA) is 89.6 Å². The molecule has 5 nitrogen and oxygen atoms in total. The monoisotopic (exact) mass is 237 g/mol. The van der Waals surface area contributed by atoms with E-state index in [2.05, 4.69) is 0 Å². The van der Waals surface area contributed by atoms with Gasteiger partial charge in [-0.3, -0.25) is 4.55 Å². The van der Waals surface area contributed by atoms with Crippen molar-refractivity contribution in [3.8, 4) is 5.75 Å². The zero-order chi connectivity index (χ0) is 10.9. The molecule has 0 aliphatic carbocycles. The summed E-state index contributed by atoms with van der Waals surface area (Å²) in [5.74, 6) is -0.0494. The van der Waals surface area contributed by atoms with Gasteiger partial charge in [0.25, 0.3) is 10.1 Å². The Morgan fingerprint density at radius 1 is 1.50 bits per heavy atom. The maximum Gasteiger partial charge on any atom is 0.298 e. The van der Waals surface area contributed by atoms with Gasteiger partial charge in [0.05, 0.1) is 17.8 Å². The Hall–Kier alpha value is -0.980. The van der Waals surface area contributed by atoms with Crippen LogP contribution in [-0.2, 0) is 10.1 Å². The molecule has 0 radical (unpaired) electrons. The quantitative estimate of drug-likeness (QED) is 0.595. The van der Waals surface area contributed by atoms with Crippen LogP contribution < -0.4 is 10.5 Å². The van der Waals surface area contributed by atoms with Crippen LogP contribution in [0.4, 0.5) is 5.69 Å². The van der Waals surface area contributed by atoms with E-state index in [1.807, 2.05) is 0 Å². The van der Waals surface area contributed by atoms with E-state index in [1.165, 1.54) is 13.2 Å². The Bertz CT molecular complexity index is 457. The lowest BCUT2D eigenvalue weighted by Gasteiger charge is -2.07. The molecular weight excluding hydrogens is 230 g/mol. The maximum atomic E-state index is 10.9. The predicted molar refractivity (Wildman–Crippen MR) is 52.2 cm³/mol. The lowest BCUT2D eigenvalue weighted by atomic mass is 10.3. The van der Waals surface area contributed by atoms with Crippen molar-refractivity contribution in [3.63, 3.8) is 0 Å². The van der Waals surface area contributed by atoms with Crippen molar-refractivity contribution in [1.29, 1.82) is 0 Å². The van der Waals surface area contributed by atoms with Crippen LogP contribution in [0.15, 0.2) is 17.0 Å². The smallest absolute Gasteiger partial charge is 0.298 e. The predicted octanol–water partition coefficient (Wildman–Crippen LogP) is 1.18. The minimum atomic E-state index is -4.35. The fourth-order valence-corrected chi connectivity index (χ4v) is 1.74. The number of benzene rings is 1. The van der Waals surface area contributed by atoms with Crippen LogP contribution in [0.1, 0.15) is 0 Å². The molecule has 0 unspecified atom stereocenters. The maximum absolute atomic E-state index is 10.9. The summed E-state index contributed by atoms with van der Waals surface area (Å²) in [4.78, 5) is -0.401. The van der Waals surface area contributed by atoms with Crippen molar-refractivity contribution >= 4 is 27.4 Å². The first-order chi connectivity index (χ1) is 6.36. The Balaban J connectivity index is 3.51. The summed E-state index contributed by atoms with van der Waals surface area (Å²) in [6.07, 6.45) is 0. The number of halogens is 1. The van der Waals surface area contributed by atoms with Gasteiger partial charge in [0, 0.05) is 6.07 Å². The summed E-state index contributed by atoms with van der Waals surface area (Å²) in [5.41, 5.74) is 5.43. The van der Waals surface area contributed by atoms with E-state index in [0.717, 1.165) is 6.07 Å². The molecular formula is C7H8ClNO4S. The molecule has 0 atom stereocenters. The molecule has 1 aromatic rings. The second-order valence-corrected chi connectivity index (χ2v) is 4.30. The second-order valence-electron chi connectivity index (χ2n) is 2.50. The van der Waals surface area contributed by atoms with Crippen LogP contribution >= 0.6 is 11.6 Å². The molecule has 0 saturated heterocycles. The fraction of sp³-hybridized carbons (Fsp3) is 0.143. The number of anilines is 1. The molecule has 78 valence electrons. The Labute approximate surface area is 86.2 Å². The average Bonchev–Trinajstić information content (AvgIpc) is 2.07. The molecule has 7 heteroatoms. The van der Waals surface area contributed by atoms with Crippen LogP contribution in [0.25, 0.3) is 0 Å². The number of ether oxygens (including phenoxy) is 1. The molecule has 0 aliphatic heterocycles. The van der Waals surface area contributed by atoms with Crippen LogP contribution in [-0.4, -0.2) is 20.1 Å². The third kappa shape index (κ3) is 2.09. The van der Waals surface area contributed by atoms with Gasteiger partial charge in [-0.2, -0.15) is 8.42 Å². The van der Waals surface area contributed by atoms with Gasteiger partial charge in [-0.15, -0.1) is 0 Å². The summed E-state index contributed by atoms with van der Waals surface area (Å²) >= 11 is 5.63. The number of hydrogen-bond acceptors (Lipinski definition) is 4. The summed E-state index contributed by atoms with van der Waals surface area (Å²) in [7, 11) is -3.09. The van der Waals surface area contributed by atoms with Crippen LogP contribution in [0.3, 0.4) is 0 Å². The summed E-state index contributed by atoms with van der Waals surface area (Å²) in [6, 6.07) is 2.26. The Morgan fingerprint density at radius 3 is 2.50 bits per heavy atom. The average molecular weight is 238 g/mol. The van der Waals surface area contributed by atoms with Crippen LogP contribution in [0.2, 0.25) is 5.02 Å². The van der Waals surface area contributed by atoms with Crippen molar-refractivity contribution in [3.05, 3.63) is 17.2 Å². The normalized spacial score (nSPS) is 11.4. The van der Waals surface area contributed by atoms with Gasteiger partial charge in [-0.25, -0.2) is 0 Å². The number of methoxy groups -OCH3 is 1. The minimum absolute atomic E-state index is 0.0494. The fourth-order valence-electron chi connectivity index (χ4n) is 0.912. The second kappa shape index (κ2) is 3.64. The zero-order valence-electron chi connectivity index (χ0n) is 7.19. The third-order valence-electron chi connectivity index (χ3n) is 1.56. The van der Waals surface area contributed by atoms with Gasteiger partial charge in [0.1, 0.15) is 10.6 Å². The molecule has 0 bridgehead atoms. The van der Waals surface area contributed by atoms with Gasteiger partial charge < -0.3 is 10.5 Å². The van der Waals surface area contributed by atoms with E-state index in [-0.39, 0.29) is 16.5 Å². The highest BCUT2D eigenvalue weighted by molar-refractivity contribution is 7.86.